The highest BCUT2D eigenvalue weighted by molar-refractivity contribution is 8.26. The predicted molar refractivity (Wildman–Crippen MR) is 112 cm³/mol. The summed E-state index contributed by atoms with van der Waals surface area (Å²) in [4.78, 5) is 31.2. The summed E-state index contributed by atoms with van der Waals surface area (Å²) in [6.45, 7) is 5.62. The number of hydrogen-bond donors (Lipinski definition) is 0. The zero-order valence-electron chi connectivity index (χ0n) is 15.5. The van der Waals surface area contributed by atoms with Crippen molar-refractivity contribution in [3.63, 3.8) is 0 Å². The third-order valence-electron chi connectivity index (χ3n) is 4.51. The van der Waals surface area contributed by atoms with E-state index in [1.807, 2.05) is 38.2 Å². The number of rotatable bonds is 5. The van der Waals surface area contributed by atoms with Gasteiger partial charge in [0.15, 0.2) is 0 Å². The first-order valence-electron chi connectivity index (χ1n) is 8.92. The number of amides is 2. The molecule has 0 aromatic heterocycles. The van der Waals surface area contributed by atoms with Gasteiger partial charge in [0.05, 0.1) is 11.5 Å². The lowest BCUT2D eigenvalue weighted by Gasteiger charge is -2.33. The molecular formula is C19H23N3O3S2. The predicted octanol–water partition coefficient (Wildman–Crippen LogP) is 2.06. The van der Waals surface area contributed by atoms with Gasteiger partial charge in [0.1, 0.15) is 16.6 Å². The van der Waals surface area contributed by atoms with Crippen LogP contribution in [0, 0.1) is 0 Å². The van der Waals surface area contributed by atoms with Gasteiger partial charge in [-0.1, -0.05) is 36.1 Å². The topological polar surface area (TPSA) is 53.1 Å². The van der Waals surface area contributed by atoms with E-state index in [-0.39, 0.29) is 18.4 Å². The Morgan fingerprint density at radius 1 is 1.22 bits per heavy atom. The highest BCUT2D eigenvalue weighted by Gasteiger charge is 2.34. The minimum Gasteiger partial charge on any atom is -0.494 e. The second-order valence-electron chi connectivity index (χ2n) is 6.45. The van der Waals surface area contributed by atoms with E-state index in [0.717, 1.165) is 24.4 Å². The van der Waals surface area contributed by atoms with Crippen LogP contribution in [0.4, 0.5) is 0 Å². The average Bonchev–Trinajstić information content (AvgIpc) is 2.91. The molecule has 0 N–H and O–H groups in total. The van der Waals surface area contributed by atoms with E-state index in [1.54, 1.807) is 11.0 Å². The highest BCUT2D eigenvalue weighted by Crippen LogP contribution is 2.32. The molecule has 27 heavy (non-hydrogen) atoms. The summed E-state index contributed by atoms with van der Waals surface area (Å²) in [7, 11) is 2.04. The number of likely N-dealkylation sites (N-methyl/N-ethyl adjacent to an activating group) is 1. The molecule has 144 valence electrons. The molecule has 0 aliphatic carbocycles. The number of carbonyl (C=O) groups is 2. The van der Waals surface area contributed by atoms with Crippen LogP contribution >= 0.6 is 24.0 Å². The molecule has 0 atom stereocenters. The molecule has 2 heterocycles. The normalized spacial score (nSPS) is 19.9. The van der Waals surface area contributed by atoms with E-state index in [0.29, 0.717) is 28.9 Å². The van der Waals surface area contributed by atoms with Gasteiger partial charge in [-0.2, -0.15) is 0 Å². The van der Waals surface area contributed by atoms with Crippen LogP contribution in [0.5, 0.6) is 5.75 Å². The fraction of sp³-hybridized carbons (Fsp3) is 0.421. The Morgan fingerprint density at radius 3 is 2.52 bits per heavy atom. The molecule has 2 fully saturated rings. The van der Waals surface area contributed by atoms with Crippen molar-refractivity contribution in [1.82, 2.24) is 14.7 Å². The molecule has 0 radical (unpaired) electrons. The van der Waals surface area contributed by atoms with E-state index in [9.17, 15) is 9.59 Å². The van der Waals surface area contributed by atoms with Gasteiger partial charge < -0.3 is 14.5 Å². The van der Waals surface area contributed by atoms with E-state index in [4.69, 9.17) is 17.0 Å². The van der Waals surface area contributed by atoms with Gasteiger partial charge in [0.2, 0.25) is 5.91 Å². The fourth-order valence-corrected chi connectivity index (χ4v) is 4.16. The molecule has 0 unspecified atom stereocenters. The Bertz CT molecular complexity index is 756. The summed E-state index contributed by atoms with van der Waals surface area (Å²) < 4.78 is 5.86. The molecule has 2 amide bonds. The van der Waals surface area contributed by atoms with Crippen LogP contribution in [0.25, 0.3) is 6.08 Å². The Kier molecular flexibility index (Phi) is 6.51. The summed E-state index contributed by atoms with van der Waals surface area (Å²) in [5, 5.41) is 0. The third kappa shape index (κ3) is 4.88. The van der Waals surface area contributed by atoms with Crippen molar-refractivity contribution in [1.29, 1.82) is 0 Å². The van der Waals surface area contributed by atoms with Crippen molar-refractivity contribution < 1.29 is 14.3 Å². The van der Waals surface area contributed by atoms with Crippen LogP contribution in [0.3, 0.4) is 0 Å². The highest BCUT2D eigenvalue weighted by atomic mass is 32.2. The maximum Gasteiger partial charge on any atom is 0.266 e. The first kappa shape index (κ1) is 19.9. The van der Waals surface area contributed by atoms with Crippen LogP contribution in [0.15, 0.2) is 29.2 Å². The molecule has 0 spiro atoms. The fourth-order valence-electron chi connectivity index (χ4n) is 2.91. The van der Waals surface area contributed by atoms with Crippen molar-refractivity contribution in [2.75, 3.05) is 46.4 Å². The quantitative estimate of drug-likeness (QED) is 0.552. The standard InChI is InChI=1S/C19H23N3O3S2/c1-3-25-15-6-4-14(5-7-15)12-16-18(24)22(19(26)27-16)13-17(23)21-10-8-20(2)9-11-21/h4-7,12H,3,8-11,13H2,1-2H3/b16-12+. The number of ether oxygens (including phenoxy) is 1. The zero-order valence-corrected chi connectivity index (χ0v) is 17.1. The van der Waals surface area contributed by atoms with Crippen molar-refractivity contribution in [2.24, 2.45) is 0 Å². The van der Waals surface area contributed by atoms with Crippen molar-refractivity contribution in [3.8, 4) is 5.75 Å². The lowest BCUT2D eigenvalue weighted by molar-refractivity contribution is -0.136. The molecule has 0 saturated carbocycles. The van der Waals surface area contributed by atoms with Gasteiger partial charge in [0.25, 0.3) is 5.91 Å². The van der Waals surface area contributed by atoms with Gasteiger partial charge in [-0.15, -0.1) is 0 Å². The second-order valence-corrected chi connectivity index (χ2v) is 8.13. The zero-order chi connectivity index (χ0) is 19.4. The smallest absolute Gasteiger partial charge is 0.266 e. The number of hydrogen-bond acceptors (Lipinski definition) is 6. The lowest BCUT2D eigenvalue weighted by Crippen LogP contribution is -2.50. The molecule has 1 aromatic carbocycles. The maximum absolute atomic E-state index is 12.7. The number of nitrogens with zero attached hydrogens (tertiary/aromatic N) is 3. The number of thiocarbonyl (C=S) groups is 1. The summed E-state index contributed by atoms with van der Waals surface area (Å²) in [5.74, 6) is 0.531. The van der Waals surface area contributed by atoms with Crippen LogP contribution in [-0.4, -0.2) is 77.2 Å². The first-order chi connectivity index (χ1) is 13.0. The van der Waals surface area contributed by atoms with Gasteiger partial charge in [0, 0.05) is 26.2 Å². The second kappa shape index (κ2) is 8.86. The minimum absolute atomic E-state index is 0.00893. The van der Waals surface area contributed by atoms with E-state index in [1.165, 1.54) is 16.7 Å². The Hall–Kier alpha value is -1.90. The van der Waals surface area contributed by atoms with Gasteiger partial charge in [-0.25, -0.2) is 0 Å². The summed E-state index contributed by atoms with van der Waals surface area (Å²) in [6.07, 6.45) is 1.80. The largest absolute Gasteiger partial charge is 0.494 e. The summed E-state index contributed by atoms with van der Waals surface area (Å²) in [5.41, 5.74) is 0.893. The number of thioether (sulfide) groups is 1. The Morgan fingerprint density at radius 2 is 1.89 bits per heavy atom. The Labute approximate surface area is 169 Å². The summed E-state index contributed by atoms with van der Waals surface area (Å²) >= 11 is 6.57. The first-order valence-corrected chi connectivity index (χ1v) is 10.1. The molecule has 1 aromatic rings. The van der Waals surface area contributed by atoms with Crippen LogP contribution in [0.1, 0.15) is 12.5 Å². The van der Waals surface area contributed by atoms with Crippen LogP contribution in [0.2, 0.25) is 0 Å². The molecule has 3 rings (SSSR count). The number of benzene rings is 1. The molecule has 2 aliphatic rings. The van der Waals surface area contributed by atoms with Gasteiger partial charge in [-0.3, -0.25) is 14.5 Å². The number of piperazine rings is 1. The molecular weight excluding hydrogens is 382 g/mol. The van der Waals surface area contributed by atoms with E-state index < -0.39 is 0 Å². The van der Waals surface area contributed by atoms with E-state index in [2.05, 4.69) is 4.90 Å². The molecule has 8 heteroatoms. The van der Waals surface area contributed by atoms with Gasteiger partial charge >= 0.3 is 0 Å². The monoisotopic (exact) mass is 405 g/mol. The van der Waals surface area contributed by atoms with Crippen LogP contribution < -0.4 is 4.74 Å². The van der Waals surface area contributed by atoms with Crippen molar-refractivity contribution in [3.05, 3.63) is 34.7 Å². The summed E-state index contributed by atoms with van der Waals surface area (Å²) in [6, 6.07) is 7.53. The lowest BCUT2D eigenvalue weighted by atomic mass is 10.2. The van der Waals surface area contributed by atoms with Crippen LogP contribution in [-0.2, 0) is 9.59 Å². The minimum atomic E-state index is -0.207. The SMILES string of the molecule is CCOc1ccc(/C=C2/SC(=S)N(CC(=O)N3CCN(C)CC3)C2=O)cc1. The molecule has 6 nitrogen and oxygen atoms in total. The third-order valence-corrected chi connectivity index (χ3v) is 5.89. The van der Waals surface area contributed by atoms with Crippen molar-refractivity contribution in [2.45, 2.75) is 6.92 Å². The van der Waals surface area contributed by atoms with E-state index >= 15 is 0 Å². The van der Waals surface area contributed by atoms with Crippen molar-refractivity contribution >= 4 is 46.2 Å². The number of carbonyl (C=O) groups excluding carboxylic acids is 2. The van der Waals surface area contributed by atoms with Gasteiger partial charge in [-0.05, 0) is 37.7 Å². The molecule has 2 saturated heterocycles. The molecule has 2 aliphatic heterocycles. The average molecular weight is 406 g/mol. The molecule has 0 bridgehead atoms. The Balaban J connectivity index is 1.64. The maximum atomic E-state index is 12.7.